The van der Waals surface area contributed by atoms with Gasteiger partial charge in [-0.3, -0.25) is 0 Å². The van der Waals surface area contributed by atoms with Crippen molar-refractivity contribution in [1.29, 1.82) is 0 Å². The second-order valence-corrected chi connectivity index (χ2v) is 23.9. The molecule has 16 N–H and O–H groups in total. The van der Waals surface area contributed by atoms with Crippen molar-refractivity contribution >= 4 is 0 Å². The molecule has 16 bridgehead atoms. The Kier molecular flexibility index (Phi) is 21.2. The fraction of sp³-hybridized carbons (Fsp3) is 1.00. The van der Waals surface area contributed by atoms with Gasteiger partial charge in [-0.15, -0.1) is 0 Å². The molecule has 0 aromatic rings. The quantitative estimate of drug-likeness (QED) is 0.218. The van der Waals surface area contributed by atoms with Gasteiger partial charge in [0.1, 0.15) is 0 Å². The first-order chi connectivity index (χ1) is 26.2. The zero-order valence-electron chi connectivity index (χ0n) is 37.7. The number of quaternary nitrogens is 4. The molecule has 0 aromatic carbocycles. The van der Waals surface area contributed by atoms with E-state index in [0.717, 1.165) is 119 Å². The largest absolute Gasteiger partial charge is 1.00 e. The average molecular weight is 931 g/mol. The van der Waals surface area contributed by atoms with Gasteiger partial charge in [-0.05, 0) is 225 Å². The van der Waals surface area contributed by atoms with Crippen LogP contribution in [0.4, 0.5) is 0 Å². The monoisotopic (exact) mass is 929 g/mol. The second-order valence-electron chi connectivity index (χ2n) is 23.9. The highest BCUT2D eigenvalue weighted by molar-refractivity contribution is 5.04. The van der Waals surface area contributed by atoms with E-state index >= 15 is 0 Å². The SMILES string of the molecule is C1COCCO1.O.O.[Cl-].[Cl-].[Cl-].[Cl-].[NH3+]CC12CC3CC(CC(C3)C1)C2.[NH3+]CC12CC3CC(CC(C3)C1)C2.[NH3+]CC12CC3CC(CC(C3)C1)C2.[NH3+]CC12CC3CC(CC(C3)C1)C2. The first-order valence-electron chi connectivity index (χ1n) is 24.5. The summed E-state index contributed by atoms with van der Waals surface area (Å²) in [5.41, 5.74) is 19.6. The van der Waals surface area contributed by atoms with E-state index < -0.39 is 0 Å². The van der Waals surface area contributed by atoms with Crippen molar-refractivity contribution in [3.05, 3.63) is 0 Å². The minimum absolute atomic E-state index is 0. The standard InChI is InChI=1S/4C11H19N.C4H8O2.4ClH.2H2O/c4*12-7-11-4-8-1-9(5-11)3-10(2-8)6-11;1-2-6-4-3-5-1;;;;;;/h4*8-10H,1-7,12H2;1-4H2;4*1H;2*1H2. The molecule has 0 unspecified atom stereocenters. The van der Waals surface area contributed by atoms with Gasteiger partial charge in [0, 0.05) is 21.7 Å². The molecule has 60 heavy (non-hydrogen) atoms. The lowest BCUT2D eigenvalue weighted by Gasteiger charge is -2.55. The van der Waals surface area contributed by atoms with Crippen molar-refractivity contribution in [3.63, 3.8) is 0 Å². The smallest absolute Gasteiger partial charge is 0.0797 e. The minimum Gasteiger partial charge on any atom is -1.00 e. The summed E-state index contributed by atoms with van der Waals surface area (Å²) >= 11 is 0. The zero-order chi connectivity index (χ0) is 37.0. The first-order valence-corrected chi connectivity index (χ1v) is 24.5. The highest BCUT2D eigenvalue weighted by Crippen LogP contribution is 2.62. The van der Waals surface area contributed by atoms with Crippen LogP contribution < -0.4 is 72.6 Å². The molecule has 17 aliphatic rings. The summed E-state index contributed by atoms with van der Waals surface area (Å²) in [7, 11) is 0. The number of hydrogen-bond donors (Lipinski definition) is 4. The Morgan fingerprint density at radius 3 is 0.467 bits per heavy atom. The van der Waals surface area contributed by atoms with Gasteiger partial charge < -0.3 is 93.0 Å². The molecule has 0 amide bonds. The Morgan fingerprint density at radius 1 is 0.267 bits per heavy atom. The lowest BCUT2D eigenvalue weighted by Crippen LogP contribution is -3.00. The van der Waals surface area contributed by atoms with Crippen LogP contribution in [0.1, 0.15) is 154 Å². The lowest BCUT2D eigenvalue weighted by atomic mass is 9.49. The third kappa shape index (κ3) is 12.2. The van der Waals surface area contributed by atoms with E-state index in [0.29, 0.717) is 0 Å². The van der Waals surface area contributed by atoms with Crippen LogP contribution >= 0.6 is 0 Å². The number of hydrogen-bond acceptors (Lipinski definition) is 2. The Morgan fingerprint density at radius 2 is 0.383 bits per heavy atom. The molecule has 16 saturated carbocycles. The lowest BCUT2D eigenvalue weighted by molar-refractivity contribution is -0.403. The number of ether oxygens (including phenoxy) is 2. The summed E-state index contributed by atoms with van der Waals surface area (Å²) in [6.45, 7) is 7.99. The molecule has 0 aromatic heterocycles. The molecular weight excluding hydrogens is 838 g/mol. The number of halogens is 4. The van der Waals surface area contributed by atoms with Crippen molar-refractivity contribution in [1.82, 2.24) is 0 Å². The summed E-state index contributed by atoms with van der Waals surface area (Å²) in [6, 6.07) is 0. The topological polar surface area (TPSA) is 192 Å². The van der Waals surface area contributed by atoms with Crippen LogP contribution in [0.2, 0.25) is 0 Å². The van der Waals surface area contributed by atoms with Gasteiger partial charge in [0.25, 0.3) is 0 Å². The second kappa shape index (κ2) is 23.0. The van der Waals surface area contributed by atoms with Crippen molar-refractivity contribution in [2.24, 2.45) is 92.7 Å². The minimum atomic E-state index is 0. The van der Waals surface area contributed by atoms with E-state index in [1.807, 2.05) is 0 Å². The average Bonchev–Trinajstić information content (AvgIpc) is 3.15. The molecule has 17 rings (SSSR count). The molecule has 17 fully saturated rings. The predicted molar refractivity (Wildman–Crippen MR) is 222 cm³/mol. The molecule has 1 saturated heterocycles. The van der Waals surface area contributed by atoms with Crippen molar-refractivity contribution in [2.75, 3.05) is 52.6 Å². The molecule has 12 heteroatoms. The fourth-order valence-corrected chi connectivity index (χ4v) is 18.8. The predicted octanol–water partition coefficient (Wildman–Crippen LogP) is -7.82. The highest BCUT2D eigenvalue weighted by Gasteiger charge is 2.54. The summed E-state index contributed by atoms with van der Waals surface area (Å²) in [6.07, 6.45) is 37.2. The summed E-state index contributed by atoms with van der Waals surface area (Å²) in [5, 5.41) is 0. The summed E-state index contributed by atoms with van der Waals surface area (Å²) in [5.74, 6) is 13.3. The Labute approximate surface area is 390 Å². The van der Waals surface area contributed by atoms with Gasteiger partial charge in [-0.25, -0.2) is 0 Å². The van der Waals surface area contributed by atoms with Gasteiger partial charge in [0.15, 0.2) is 0 Å². The molecule has 0 radical (unpaired) electrons. The molecule has 0 atom stereocenters. The van der Waals surface area contributed by atoms with Gasteiger partial charge in [-0.1, -0.05) is 0 Å². The van der Waals surface area contributed by atoms with E-state index in [2.05, 4.69) is 22.9 Å². The number of rotatable bonds is 4. The van der Waals surface area contributed by atoms with Gasteiger partial charge in [0.05, 0.1) is 52.6 Å². The Bertz CT molecular complexity index is 946. The molecule has 0 spiro atoms. The third-order valence-corrected chi connectivity index (χ3v) is 19.5. The van der Waals surface area contributed by atoms with Crippen LogP contribution in [0.25, 0.3) is 0 Å². The van der Waals surface area contributed by atoms with E-state index in [4.69, 9.17) is 9.47 Å². The zero-order valence-corrected chi connectivity index (χ0v) is 40.7. The van der Waals surface area contributed by atoms with Crippen molar-refractivity contribution in [3.8, 4) is 0 Å². The molecule has 8 nitrogen and oxygen atoms in total. The maximum atomic E-state index is 4.94. The van der Waals surface area contributed by atoms with Gasteiger partial charge in [-0.2, -0.15) is 0 Å². The van der Waals surface area contributed by atoms with Crippen LogP contribution in [-0.2, 0) is 9.47 Å². The fourth-order valence-electron chi connectivity index (χ4n) is 18.8. The van der Waals surface area contributed by atoms with Crippen LogP contribution in [-0.4, -0.2) is 63.6 Å². The maximum absolute atomic E-state index is 4.94. The highest BCUT2D eigenvalue weighted by atomic mass is 35.5. The summed E-state index contributed by atoms with van der Waals surface area (Å²) < 4.78 is 9.89. The van der Waals surface area contributed by atoms with Crippen LogP contribution in [0.3, 0.4) is 0 Å². The molecular formula is C48H92Cl4N4O4. The van der Waals surface area contributed by atoms with E-state index in [1.54, 1.807) is 77.0 Å². The normalized spacial score (nSPS) is 47.4. The summed E-state index contributed by atoms with van der Waals surface area (Å²) in [4.78, 5) is 0. The third-order valence-electron chi connectivity index (χ3n) is 19.5. The Hall–Kier alpha value is 0.840. The van der Waals surface area contributed by atoms with Crippen LogP contribution in [0.15, 0.2) is 0 Å². The van der Waals surface area contributed by atoms with Crippen molar-refractivity contribution in [2.45, 2.75) is 154 Å². The van der Waals surface area contributed by atoms with Gasteiger partial charge in [0.2, 0.25) is 0 Å². The van der Waals surface area contributed by atoms with E-state index in [1.165, 1.54) is 103 Å². The van der Waals surface area contributed by atoms with Gasteiger partial charge >= 0.3 is 0 Å². The molecule has 16 aliphatic carbocycles. The van der Waals surface area contributed by atoms with Crippen molar-refractivity contribution < 1.29 is 93.0 Å². The molecule has 1 aliphatic heterocycles. The molecule has 1 heterocycles. The van der Waals surface area contributed by atoms with Crippen LogP contribution in [0, 0.1) is 92.7 Å². The van der Waals surface area contributed by atoms with E-state index in [9.17, 15) is 0 Å². The first kappa shape index (κ1) is 55.2. The Balaban J connectivity index is 0.000000198. The maximum Gasteiger partial charge on any atom is 0.0797 e. The van der Waals surface area contributed by atoms with Crippen LogP contribution in [0.5, 0.6) is 0 Å². The molecule has 356 valence electrons. The van der Waals surface area contributed by atoms with E-state index in [-0.39, 0.29) is 60.6 Å².